The first-order valence-corrected chi connectivity index (χ1v) is 13.8. The van der Waals surface area contributed by atoms with Gasteiger partial charge in [0.25, 0.3) is 0 Å². The molecule has 12 atom stereocenters. The van der Waals surface area contributed by atoms with Gasteiger partial charge >= 0.3 is 0 Å². The lowest BCUT2D eigenvalue weighted by atomic mass is 9.49. The van der Waals surface area contributed by atoms with Crippen LogP contribution in [-0.4, -0.2) is 34.1 Å². The van der Waals surface area contributed by atoms with Gasteiger partial charge in [-0.05, 0) is 97.4 Å². The fraction of sp³-hybridized carbons (Fsp3) is 0.931. The number of aliphatic hydroxyl groups is 2. The highest BCUT2D eigenvalue weighted by Gasteiger charge is 2.76. The lowest BCUT2D eigenvalue weighted by molar-refractivity contribution is -0.00202. The van der Waals surface area contributed by atoms with Crippen molar-refractivity contribution in [1.29, 1.82) is 0 Å². The summed E-state index contributed by atoms with van der Waals surface area (Å²) in [7, 11) is 0. The van der Waals surface area contributed by atoms with Crippen LogP contribution in [0, 0.1) is 52.3 Å². The molecule has 0 amide bonds. The molecule has 6 rings (SSSR count). The molecule has 5 aliphatic carbocycles. The molecule has 32 heavy (non-hydrogen) atoms. The lowest BCUT2D eigenvalue weighted by Gasteiger charge is -2.54. The molecule has 3 nitrogen and oxygen atoms in total. The predicted molar refractivity (Wildman–Crippen MR) is 127 cm³/mol. The summed E-state index contributed by atoms with van der Waals surface area (Å²) in [4.78, 5) is 0. The highest BCUT2D eigenvalue weighted by atomic mass is 16.6. The Bertz CT molecular complexity index is 832. The van der Waals surface area contributed by atoms with Gasteiger partial charge in [-0.1, -0.05) is 47.1 Å². The second kappa shape index (κ2) is 6.85. The quantitative estimate of drug-likeness (QED) is 0.431. The molecule has 0 aromatic carbocycles. The molecular weight excluding hydrogens is 396 g/mol. The molecule has 180 valence electrons. The third-order valence-corrected chi connectivity index (χ3v) is 12.4. The van der Waals surface area contributed by atoms with Crippen molar-refractivity contribution in [2.75, 3.05) is 0 Å². The number of epoxide rings is 1. The summed E-state index contributed by atoms with van der Waals surface area (Å²) in [6, 6.07) is 0. The lowest BCUT2D eigenvalue weighted by Crippen LogP contribution is -2.55. The van der Waals surface area contributed by atoms with Gasteiger partial charge in [0.15, 0.2) is 0 Å². The summed E-state index contributed by atoms with van der Waals surface area (Å²) in [5.74, 6) is 5.59. The molecule has 1 heterocycles. The van der Waals surface area contributed by atoms with Crippen LogP contribution >= 0.6 is 0 Å². The second-order valence-electron chi connectivity index (χ2n) is 13.8. The second-order valence-corrected chi connectivity index (χ2v) is 13.8. The van der Waals surface area contributed by atoms with Gasteiger partial charge in [0.05, 0.1) is 6.10 Å². The topological polar surface area (TPSA) is 53.0 Å². The third-order valence-electron chi connectivity index (χ3n) is 12.4. The first-order valence-electron chi connectivity index (χ1n) is 13.8. The van der Waals surface area contributed by atoms with Crippen molar-refractivity contribution >= 4 is 0 Å². The van der Waals surface area contributed by atoms with E-state index < -0.39 is 6.10 Å². The van der Waals surface area contributed by atoms with E-state index in [-0.39, 0.29) is 23.2 Å². The van der Waals surface area contributed by atoms with Gasteiger partial charge in [0, 0.05) is 11.8 Å². The standard InChI is InChI=1S/C29H46O3/c1-15(2)16(3)19-13-20(19)17(4)21-7-8-22-24-23(10-11-27(21,22)5)28(6)12-9-18(30)14-29(28)26(32-29)25(24)31/h15-22,25-26,30-31H,7-14H2,1-6H3/t16-,17-,18+,19-,20-,21-,22+,25+,26+,27-,28-,29+/m1/s1. The Labute approximate surface area is 195 Å². The van der Waals surface area contributed by atoms with Crippen LogP contribution in [0.3, 0.4) is 0 Å². The summed E-state index contributed by atoms with van der Waals surface area (Å²) in [5.41, 5.74) is 2.99. The van der Waals surface area contributed by atoms with Crippen LogP contribution in [0.25, 0.3) is 0 Å². The Morgan fingerprint density at radius 3 is 2.44 bits per heavy atom. The molecular formula is C29H46O3. The van der Waals surface area contributed by atoms with Crippen LogP contribution in [0.4, 0.5) is 0 Å². The first-order chi connectivity index (χ1) is 15.0. The third kappa shape index (κ3) is 2.65. The highest BCUT2D eigenvalue weighted by molar-refractivity contribution is 5.45. The van der Waals surface area contributed by atoms with E-state index in [1.165, 1.54) is 31.3 Å². The van der Waals surface area contributed by atoms with Gasteiger partial charge in [-0.15, -0.1) is 0 Å². The number of aliphatic hydroxyl groups excluding tert-OH is 2. The minimum atomic E-state index is -0.448. The zero-order chi connectivity index (χ0) is 22.8. The maximum atomic E-state index is 11.6. The molecule has 0 aromatic heterocycles. The summed E-state index contributed by atoms with van der Waals surface area (Å²) >= 11 is 0. The largest absolute Gasteiger partial charge is 0.393 e. The molecule has 3 saturated carbocycles. The van der Waals surface area contributed by atoms with E-state index in [0.717, 1.165) is 54.8 Å². The minimum absolute atomic E-state index is 0.0186. The van der Waals surface area contributed by atoms with Crippen LogP contribution in [-0.2, 0) is 4.74 Å². The molecule has 4 fully saturated rings. The van der Waals surface area contributed by atoms with Crippen LogP contribution < -0.4 is 0 Å². The Balaban J connectivity index is 1.29. The van der Waals surface area contributed by atoms with Crippen molar-refractivity contribution in [3.05, 3.63) is 11.1 Å². The van der Waals surface area contributed by atoms with Gasteiger partial charge in [0.1, 0.15) is 17.8 Å². The Kier molecular flexibility index (Phi) is 4.73. The van der Waals surface area contributed by atoms with Crippen LogP contribution in [0.2, 0.25) is 0 Å². The molecule has 6 aliphatic rings. The molecule has 1 aliphatic heterocycles. The zero-order valence-electron chi connectivity index (χ0n) is 21.2. The number of ether oxygens (including phenoxy) is 1. The number of fused-ring (bicyclic) bond motifs is 3. The Hall–Kier alpha value is -0.380. The average Bonchev–Trinajstić information content (AvgIpc) is 3.64. The zero-order valence-corrected chi connectivity index (χ0v) is 21.2. The number of hydrogen-bond acceptors (Lipinski definition) is 3. The first kappa shape index (κ1) is 22.1. The predicted octanol–water partition coefficient (Wildman–Crippen LogP) is 5.74. The van der Waals surface area contributed by atoms with Crippen LogP contribution in [0.15, 0.2) is 11.1 Å². The highest BCUT2D eigenvalue weighted by Crippen LogP contribution is 2.72. The Morgan fingerprint density at radius 1 is 0.969 bits per heavy atom. The van der Waals surface area contributed by atoms with Crippen molar-refractivity contribution in [3.8, 4) is 0 Å². The monoisotopic (exact) mass is 442 g/mol. The van der Waals surface area contributed by atoms with Gasteiger partial charge in [-0.3, -0.25) is 0 Å². The van der Waals surface area contributed by atoms with E-state index in [4.69, 9.17) is 4.74 Å². The van der Waals surface area contributed by atoms with E-state index >= 15 is 0 Å². The van der Waals surface area contributed by atoms with Crippen LogP contribution in [0.5, 0.6) is 0 Å². The van der Waals surface area contributed by atoms with Crippen molar-refractivity contribution in [3.63, 3.8) is 0 Å². The van der Waals surface area contributed by atoms with Crippen molar-refractivity contribution < 1.29 is 14.9 Å². The molecule has 0 unspecified atom stereocenters. The fourth-order valence-corrected chi connectivity index (χ4v) is 10.00. The van der Waals surface area contributed by atoms with E-state index in [2.05, 4.69) is 41.5 Å². The molecule has 2 N–H and O–H groups in total. The summed E-state index contributed by atoms with van der Waals surface area (Å²) in [6.45, 7) is 14.8. The SMILES string of the molecule is CC(C)[C@@H](C)[C@H]1C[C@@H]1[C@@H](C)[C@H]1CC[C@H]2C3=C(CC[C@]12C)[C@@]1(C)CC[C@H](O)C[C@@]12O[C@H]2[C@H]3O. The van der Waals surface area contributed by atoms with Gasteiger partial charge in [0.2, 0.25) is 0 Å². The van der Waals surface area contributed by atoms with E-state index in [1.807, 2.05) is 0 Å². The van der Waals surface area contributed by atoms with Crippen LogP contribution in [0.1, 0.15) is 92.9 Å². The molecule has 0 aromatic rings. The fourth-order valence-electron chi connectivity index (χ4n) is 10.00. The molecule has 0 radical (unpaired) electrons. The van der Waals surface area contributed by atoms with E-state index in [0.29, 0.717) is 17.8 Å². The number of hydrogen-bond donors (Lipinski definition) is 2. The van der Waals surface area contributed by atoms with Gasteiger partial charge in [-0.25, -0.2) is 0 Å². The normalized spacial score (nSPS) is 55.6. The molecule has 1 spiro atoms. The summed E-state index contributed by atoms with van der Waals surface area (Å²) < 4.78 is 6.36. The molecule has 0 bridgehead atoms. The smallest absolute Gasteiger partial charge is 0.118 e. The maximum absolute atomic E-state index is 11.6. The van der Waals surface area contributed by atoms with Crippen molar-refractivity contribution in [2.24, 2.45) is 52.3 Å². The molecule has 3 heteroatoms. The molecule has 1 saturated heterocycles. The Morgan fingerprint density at radius 2 is 1.72 bits per heavy atom. The van der Waals surface area contributed by atoms with E-state index in [9.17, 15) is 10.2 Å². The van der Waals surface area contributed by atoms with Crippen molar-refractivity contribution in [1.82, 2.24) is 0 Å². The van der Waals surface area contributed by atoms with Crippen molar-refractivity contribution in [2.45, 2.75) is 117 Å². The minimum Gasteiger partial charge on any atom is -0.393 e. The van der Waals surface area contributed by atoms with Gasteiger partial charge in [-0.2, -0.15) is 0 Å². The van der Waals surface area contributed by atoms with E-state index in [1.54, 1.807) is 5.57 Å². The average molecular weight is 443 g/mol. The summed E-state index contributed by atoms with van der Waals surface area (Å²) in [5, 5.41) is 22.0. The maximum Gasteiger partial charge on any atom is 0.118 e. The number of rotatable bonds is 4. The van der Waals surface area contributed by atoms with Gasteiger partial charge < -0.3 is 14.9 Å². The summed E-state index contributed by atoms with van der Waals surface area (Å²) in [6.07, 6.45) is 8.21.